The van der Waals surface area contributed by atoms with Gasteiger partial charge in [0.25, 0.3) is 0 Å². The molecule has 3 nitrogen and oxygen atoms in total. The van der Waals surface area contributed by atoms with Crippen LogP contribution >= 0.6 is 0 Å². The highest BCUT2D eigenvalue weighted by Crippen LogP contribution is 2.09. The maximum absolute atomic E-state index is 11.1. The molecule has 1 fully saturated rings. The molecule has 1 saturated heterocycles. The molecule has 1 N–H and O–H groups in total. The third-order valence-corrected chi connectivity index (χ3v) is 2.13. The highest BCUT2D eigenvalue weighted by Gasteiger charge is 2.17. The predicted molar refractivity (Wildman–Crippen MR) is 44.3 cm³/mol. The third kappa shape index (κ3) is 2.50. The molecule has 0 aliphatic carbocycles. The van der Waals surface area contributed by atoms with Crippen molar-refractivity contribution in [3.63, 3.8) is 0 Å². The van der Waals surface area contributed by atoms with Gasteiger partial charge in [0.15, 0.2) is 0 Å². The minimum atomic E-state index is 0.235. The Balaban J connectivity index is 2.06. The van der Waals surface area contributed by atoms with E-state index in [2.05, 4.69) is 5.32 Å². The van der Waals surface area contributed by atoms with Gasteiger partial charge in [-0.05, 0) is 19.4 Å². The van der Waals surface area contributed by atoms with Crippen molar-refractivity contribution in [1.82, 2.24) is 10.2 Å². The van der Waals surface area contributed by atoms with Gasteiger partial charge in [0, 0.05) is 26.6 Å². The second kappa shape index (κ2) is 3.72. The van der Waals surface area contributed by atoms with E-state index in [9.17, 15) is 4.79 Å². The molecule has 1 amide bonds. The zero-order valence-corrected chi connectivity index (χ0v) is 7.26. The van der Waals surface area contributed by atoms with E-state index < -0.39 is 0 Å². The first kappa shape index (κ1) is 8.53. The van der Waals surface area contributed by atoms with Gasteiger partial charge in [0.05, 0.1) is 0 Å². The van der Waals surface area contributed by atoms with E-state index >= 15 is 0 Å². The molecule has 0 aromatic carbocycles. The molecule has 0 spiro atoms. The fraction of sp³-hybridized carbons (Fsp3) is 0.875. The van der Waals surface area contributed by atoms with Crippen LogP contribution in [0.3, 0.4) is 0 Å². The maximum atomic E-state index is 11.1. The van der Waals surface area contributed by atoms with Crippen molar-refractivity contribution in [1.29, 1.82) is 0 Å². The first-order valence-electron chi connectivity index (χ1n) is 4.13. The van der Waals surface area contributed by atoms with Crippen LogP contribution < -0.4 is 5.32 Å². The van der Waals surface area contributed by atoms with Crippen molar-refractivity contribution < 1.29 is 4.79 Å². The van der Waals surface area contributed by atoms with Crippen molar-refractivity contribution in [2.75, 3.05) is 20.6 Å². The highest BCUT2D eigenvalue weighted by atomic mass is 16.2. The van der Waals surface area contributed by atoms with E-state index in [0.717, 1.165) is 13.0 Å². The molecule has 0 aromatic heterocycles. The minimum absolute atomic E-state index is 0.235. The van der Waals surface area contributed by atoms with Crippen molar-refractivity contribution in [3.05, 3.63) is 0 Å². The minimum Gasteiger partial charge on any atom is -0.349 e. The summed E-state index contributed by atoms with van der Waals surface area (Å²) in [6, 6.07) is 0.610. The Bertz CT molecular complexity index is 141. The average Bonchev–Trinajstić information content (AvgIpc) is 1.83. The van der Waals surface area contributed by atoms with Gasteiger partial charge in [-0.3, -0.25) is 4.79 Å². The Hall–Kier alpha value is -0.570. The van der Waals surface area contributed by atoms with E-state index in [1.807, 2.05) is 0 Å². The van der Waals surface area contributed by atoms with Crippen LogP contribution in [0, 0.1) is 0 Å². The van der Waals surface area contributed by atoms with Crippen molar-refractivity contribution in [2.45, 2.75) is 25.3 Å². The lowest BCUT2D eigenvalue weighted by atomic mass is 10.0. The monoisotopic (exact) mass is 156 g/mol. The lowest BCUT2D eigenvalue weighted by Gasteiger charge is -2.27. The van der Waals surface area contributed by atoms with Crippen LogP contribution in [0.5, 0.6) is 0 Å². The van der Waals surface area contributed by atoms with Crippen LogP contribution in [-0.4, -0.2) is 37.5 Å². The molecule has 1 unspecified atom stereocenters. The molecule has 0 bridgehead atoms. The molecule has 11 heavy (non-hydrogen) atoms. The van der Waals surface area contributed by atoms with Crippen molar-refractivity contribution >= 4 is 5.91 Å². The molecule has 1 rings (SSSR count). The van der Waals surface area contributed by atoms with E-state index in [1.165, 1.54) is 6.42 Å². The Kier molecular flexibility index (Phi) is 2.88. The summed E-state index contributed by atoms with van der Waals surface area (Å²) in [5.74, 6) is 0.235. The number of amides is 1. The molecule has 1 atom stereocenters. The molecule has 3 heteroatoms. The third-order valence-electron chi connectivity index (χ3n) is 2.13. The van der Waals surface area contributed by atoms with Gasteiger partial charge in [-0.15, -0.1) is 0 Å². The number of rotatable bonds is 3. The average molecular weight is 156 g/mol. The van der Waals surface area contributed by atoms with Crippen molar-refractivity contribution in [3.8, 4) is 0 Å². The summed E-state index contributed by atoms with van der Waals surface area (Å²) in [4.78, 5) is 12.7. The first-order valence-corrected chi connectivity index (χ1v) is 4.13. The SMILES string of the molecule is CN(C)C(=O)CCC1CCN1. The number of nitrogens with zero attached hydrogens (tertiary/aromatic N) is 1. The number of hydrogen-bond acceptors (Lipinski definition) is 2. The Labute approximate surface area is 67.8 Å². The summed E-state index contributed by atoms with van der Waals surface area (Å²) >= 11 is 0. The van der Waals surface area contributed by atoms with Crippen LogP contribution in [-0.2, 0) is 4.79 Å². The summed E-state index contributed by atoms with van der Waals surface area (Å²) in [6.07, 6.45) is 2.92. The van der Waals surface area contributed by atoms with Crippen LogP contribution in [0.1, 0.15) is 19.3 Å². The Morgan fingerprint density at radius 1 is 1.64 bits per heavy atom. The second-order valence-corrected chi connectivity index (χ2v) is 3.27. The van der Waals surface area contributed by atoms with E-state index in [1.54, 1.807) is 19.0 Å². The molecule has 0 saturated carbocycles. The summed E-state index contributed by atoms with van der Waals surface area (Å²) in [5.41, 5.74) is 0. The molecule has 1 aliphatic heterocycles. The number of carbonyl (C=O) groups excluding carboxylic acids is 1. The summed E-state index contributed by atoms with van der Waals surface area (Å²) in [5, 5.41) is 3.27. The smallest absolute Gasteiger partial charge is 0.222 e. The van der Waals surface area contributed by atoms with Crippen LogP contribution in [0.2, 0.25) is 0 Å². The number of nitrogens with one attached hydrogen (secondary N) is 1. The molecular weight excluding hydrogens is 140 g/mol. The summed E-state index contributed by atoms with van der Waals surface area (Å²) in [6.45, 7) is 1.13. The Morgan fingerprint density at radius 2 is 2.27 bits per heavy atom. The number of hydrogen-bond donors (Lipinski definition) is 1. The van der Waals surface area contributed by atoms with Crippen LogP contribution in [0.15, 0.2) is 0 Å². The first-order chi connectivity index (χ1) is 5.20. The Morgan fingerprint density at radius 3 is 2.64 bits per heavy atom. The molecular formula is C8H16N2O. The van der Waals surface area contributed by atoms with Gasteiger partial charge in [-0.1, -0.05) is 0 Å². The number of carbonyl (C=O) groups is 1. The fourth-order valence-electron chi connectivity index (χ4n) is 1.12. The van der Waals surface area contributed by atoms with Gasteiger partial charge < -0.3 is 10.2 Å². The topological polar surface area (TPSA) is 32.3 Å². The van der Waals surface area contributed by atoms with Gasteiger partial charge >= 0.3 is 0 Å². The second-order valence-electron chi connectivity index (χ2n) is 3.27. The van der Waals surface area contributed by atoms with E-state index in [0.29, 0.717) is 12.5 Å². The quantitative estimate of drug-likeness (QED) is 0.634. The fourth-order valence-corrected chi connectivity index (χ4v) is 1.12. The van der Waals surface area contributed by atoms with E-state index in [4.69, 9.17) is 0 Å². The van der Waals surface area contributed by atoms with Gasteiger partial charge in [0.2, 0.25) is 5.91 Å². The lowest BCUT2D eigenvalue weighted by molar-refractivity contribution is -0.128. The predicted octanol–water partition coefficient (Wildman–Crippen LogP) is 0.217. The summed E-state index contributed by atoms with van der Waals surface area (Å²) in [7, 11) is 3.60. The van der Waals surface area contributed by atoms with Gasteiger partial charge in [-0.2, -0.15) is 0 Å². The standard InChI is InChI=1S/C8H16N2O/c1-10(2)8(11)4-3-7-5-6-9-7/h7,9H,3-6H2,1-2H3. The van der Waals surface area contributed by atoms with Crippen LogP contribution in [0.25, 0.3) is 0 Å². The summed E-state index contributed by atoms with van der Waals surface area (Å²) < 4.78 is 0. The van der Waals surface area contributed by atoms with Gasteiger partial charge in [0.1, 0.15) is 0 Å². The molecule has 0 radical (unpaired) electrons. The normalized spacial score (nSPS) is 22.5. The highest BCUT2D eigenvalue weighted by molar-refractivity contribution is 5.75. The molecule has 1 aliphatic rings. The zero-order chi connectivity index (χ0) is 8.27. The zero-order valence-electron chi connectivity index (χ0n) is 7.26. The molecule has 1 heterocycles. The largest absolute Gasteiger partial charge is 0.349 e. The van der Waals surface area contributed by atoms with Crippen LogP contribution in [0.4, 0.5) is 0 Å². The van der Waals surface area contributed by atoms with E-state index in [-0.39, 0.29) is 5.91 Å². The lowest BCUT2D eigenvalue weighted by Crippen LogP contribution is -2.43. The maximum Gasteiger partial charge on any atom is 0.222 e. The van der Waals surface area contributed by atoms with Crippen molar-refractivity contribution in [2.24, 2.45) is 0 Å². The molecule has 64 valence electrons. The van der Waals surface area contributed by atoms with Gasteiger partial charge in [-0.25, -0.2) is 0 Å². The molecule has 0 aromatic rings.